The maximum absolute atomic E-state index is 12.7. The number of anilines is 2. The molecule has 0 aliphatic heterocycles. The molecule has 0 heterocycles. The Labute approximate surface area is 200 Å². The van der Waals surface area contributed by atoms with Crippen molar-refractivity contribution in [1.29, 1.82) is 0 Å². The third kappa shape index (κ3) is 5.24. The Kier molecular flexibility index (Phi) is 6.60. The zero-order chi connectivity index (χ0) is 24.2. The monoisotopic (exact) mass is 448 g/mol. The SMILES string of the molecule is Cc1ccc(NC(=O)c2ccc(-c3ccc(C(=O)Nc4ccc(C)cc4C)cc3)cc2)c(C)c1. The van der Waals surface area contributed by atoms with Crippen LogP contribution in [0.25, 0.3) is 11.1 Å². The molecule has 0 spiro atoms. The molecule has 4 heteroatoms. The fourth-order valence-electron chi connectivity index (χ4n) is 3.92. The van der Waals surface area contributed by atoms with Crippen LogP contribution in [0.4, 0.5) is 11.4 Å². The third-order valence-electron chi connectivity index (χ3n) is 5.89. The minimum atomic E-state index is -0.142. The van der Waals surface area contributed by atoms with E-state index in [0.29, 0.717) is 11.1 Å². The summed E-state index contributed by atoms with van der Waals surface area (Å²) >= 11 is 0. The smallest absolute Gasteiger partial charge is 0.255 e. The van der Waals surface area contributed by atoms with Crippen molar-refractivity contribution in [1.82, 2.24) is 0 Å². The Morgan fingerprint density at radius 3 is 1.18 bits per heavy atom. The van der Waals surface area contributed by atoms with Crippen LogP contribution in [0.3, 0.4) is 0 Å². The van der Waals surface area contributed by atoms with E-state index in [1.54, 1.807) is 0 Å². The van der Waals surface area contributed by atoms with Gasteiger partial charge in [-0.3, -0.25) is 9.59 Å². The topological polar surface area (TPSA) is 58.2 Å². The number of hydrogen-bond donors (Lipinski definition) is 2. The van der Waals surface area contributed by atoms with Crippen molar-refractivity contribution in [2.75, 3.05) is 10.6 Å². The summed E-state index contributed by atoms with van der Waals surface area (Å²) in [6.45, 7) is 8.03. The van der Waals surface area contributed by atoms with Crippen LogP contribution in [0, 0.1) is 27.7 Å². The van der Waals surface area contributed by atoms with E-state index < -0.39 is 0 Å². The molecular weight excluding hydrogens is 420 g/mol. The van der Waals surface area contributed by atoms with Crippen LogP contribution in [0.2, 0.25) is 0 Å². The normalized spacial score (nSPS) is 10.6. The molecule has 4 nitrogen and oxygen atoms in total. The summed E-state index contributed by atoms with van der Waals surface area (Å²) in [5.74, 6) is -0.283. The molecule has 4 aromatic rings. The van der Waals surface area contributed by atoms with Crippen LogP contribution in [0.5, 0.6) is 0 Å². The van der Waals surface area contributed by atoms with Gasteiger partial charge >= 0.3 is 0 Å². The summed E-state index contributed by atoms with van der Waals surface area (Å²) in [5.41, 5.74) is 9.15. The van der Waals surface area contributed by atoms with Gasteiger partial charge in [-0.05, 0) is 86.3 Å². The van der Waals surface area contributed by atoms with Crippen molar-refractivity contribution in [2.45, 2.75) is 27.7 Å². The minimum Gasteiger partial charge on any atom is -0.322 e. The largest absolute Gasteiger partial charge is 0.322 e. The highest BCUT2D eigenvalue weighted by Gasteiger charge is 2.10. The first kappa shape index (κ1) is 23.0. The highest BCUT2D eigenvalue weighted by Crippen LogP contribution is 2.23. The molecule has 0 aromatic heterocycles. The zero-order valence-electron chi connectivity index (χ0n) is 19.9. The molecule has 2 N–H and O–H groups in total. The van der Waals surface area contributed by atoms with Gasteiger partial charge in [0.1, 0.15) is 0 Å². The second kappa shape index (κ2) is 9.75. The van der Waals surface area contributed by atoms with Crippen molar-refractivity contribution in [3.63, 3.8) is 0 Å². The summed E-state index contributed by atoms with van der Waals surface area (Å²) in [6.07, 6.45) is 0. The van der Waals surface area contributed by atoms with Crippen molar-refractivity contribution in [3.05, 3.63) is 118 Å². The molecule has 0 bridgehead atoms. The van der Waals surface area contributed by atoms with Gasteiger partial charge < -0.3 is 10.6 Å². The lowest BCUT2D eigenvalue weighted by Crippen LogP contribution is -2.13. The number of amides is 2. The van der Waals surface area contributed by atoms with Gasteiger partial charge in [-0.2, -0.15) is 0 Å². The maximum Gasteiger partial charge on any atom is 0.255 e. The van der Waals surface area contributed by atoms with Crippen molar-refractivity contribution < 1.29 is 9.59 Å². The van der Waals surface area contributed by atoms with E-state index in [0.717, 1.165) is 44.8 Å². The quantitative estimate of drug-likeness (QED) is 0.342. The maximum atomic E-state index is 12.7. The van der Waals surface area contributed by atoms with Gasteiger partial charge in [-0.1, -0.05) is 59.7 Å². The molecule has 0 fully saturated rings. The summed E-state index contributed by atoms with van der Waals surface area (Å²) in [6, 6.07) is 26.8. The number of carbonyl (C=O) groups excluding carboxylic acids is 2. The molecule has 0 saturated carbocycles. The number of hydrogen-bond acceptors (Lipinski definition) is 2. The van der Waals surface area contributed by atoms with Gasteiger partial charge in [0.05, 0.1) is 0 Å². The van der Waals surface area contributed by atoms with Gasteiger partial charge in [0.2, 0.25) is 0 Å². The average molecular weight is 449 g/mol. The molecular formula is C30H28N2O2. The first-order valence-corrected chi connectivity index (χ1v) is 11.3. The fourth-order valence-corrected chi connectivity index (χ4v) is 3.92. The van der Waals surface area contributed by atoms with Crippen LogP contribution in [0.15, 0.2) is 84.9 Å². The molecule has 34 heavy (non-hydrogen) atoms. The summed E-state index contributed by atoms with van der Waals surface area (Å²) in [4.78, 5) is 25.3. The van der Waals surface area contributed by atoms with Crippen LogP contribution < -0.4 is 10.6 Å². The van der Waals surface area contributed by atoms with E-state index in [9.17, 15) is 9.59 Å². The number of aryl methyl sites for hydroxylation is 4. The van der Waals surface area contributed by atoms with Gasteiger partial charge in [0.15, 0.2) is 0 Å². The highest BCUT2D eigenvalue weighted by molar-refractivity contribution is 6.05. The molecule has 0 radical (unpaired) electrons. The van der Waals surface area contributed by atoms with Gasteiger partial charge in [0, 0.05) is 22.5 Å². The van der Waals surface area contributed by atoms with Crippen LogP contribution >= 0.6 is 0 Å². The van der Waals surface area contributed by atoms with Crippen molar-refractivity contribution in [2.24, 2.45) is 0 Å². The van der Waals surface area contributed by atoms with Gasteiger partial charge in [-0.25, -0.2) is 0 Å². The second-order valence-electron chi connectivity index (χ2n) is 8.70. The first-order chi connectivity index (χ1) is 16.3. The number of benzene rings is 4. The summed E-state index contributed by atoms with van der Waals surface area (Å²) in [5, 5.41) is 5.95. The number of rotatable bonds is 5. The molecule has 0 aliphatic carbocycles. The Morgan fingerprint density at radius 2 is 0.853 bits per heavy atom. The van der Waals surface area contributed by atoms with E-state index >= 15 is 0 Å². The Morgan fingerprint density at radius 1 is 0.500 bits per heavy atom. The lowest BCUT2D eigenvalue weighted by atomic mass is 10.0. The van der Waals surface area contributed by atoms with Crippen LogP contribution in [-0.4, -0.2) is 11.8 Å². The predicted octanol–water partition coefficient (Wildman–Crippen LogP) is 7.09. The van der Waals surface area contributed by atoms with Crippen molar-refractivity contribution in [3.8, 4) is 11.1 Å². The molecule has 0 saturated heterocycles. The fraction of sp³-hybridized carbons (Fsp3) is 0.133. The molecule has 0 aliphatic rings. The lowest BCUT2D eigenvalue weighted by molar-refractivity contribution is 0.101. The minimum absolute atomic E-state index is 0.142. The number of nitrogens with one attached hydrogen (secondary N) is 2. The van der Waals surface area contributed by atoms with Crippen molar-refractivity contribution >= 4 is 23.2 Å². The standard InChI is InChI=1S/C30H28N2O2/c1-19-5-15-27(21(3)17-19)31-29(33)25-11-7-23(8-12-25)24-9-13-26(14-10-24)30(34)32-28-16-6-20(2)18-22(28)4/h5-18H,1-4H3,(H,31,33)(H,32,34). The zero-order valence-corrected chi connectivity index (χ0v) is 19.9. The van der Waals surface area contributed by atoms with E-state index in [4.69, 9.17) is 0 Å². The van der Waals surface area contributed by atoms with E-state index in [1.165, 1.54) is 0 Å². The average Bonchev–Trinajstić information content (AvgIpc) is 2.83. The highest BCUT2D eigenvalue weighted by atomic mass is 16.2. The molecule has 0 unspecified atom stereocenters. The Hall–Kier alpha value is -4.18. The molecule has 2 amide bonds. The Balaban J connectivity index is 1.43. The van der Waals surface area contributed by atoms with E-state index in [-0.39, 0.29) is 11.8 Å². The first-order valence-electron chi connectivity index (χ1n) is 11.3. The summed E-state index contributed by atoms with van der Waals surface area (Å²) in [7, 11) is 0. The molecule has 170 valence electrons. The van der Waals surface area contributed by atoms with Crippen LogP contribution in [-0.2, 0) is 0 Å². The van der Waals surface area contributed by atoms with Gasteiger partial charge in [0.25, 0.3) is 11.8 Å². The number of carbonyl (C=O) groups is 2. The molecule has 4 aromatic carbocycles. The molecule has 0 atom stereocenters. The van der Waals surface area contributed by atoms with Gasteiger partial charge in [-0.15, -0.1) is 0 Å². The van der Waals surface area contributed by atoms with E-state index in [1.807, 2.05) is 113 Å². The second-order valence-corrected chi connectivity index (χ2v) is 8.70. The molecule has 4 rings (SSSR count). The summed E-state index contributed by atoms with van der Waals surface area (Å²) < 4.78 is 0. The third-order valence-corrected chi connectivity index (χ3v) is 5.89. The predicted molar refractivity (Wildman–Crippen MR) is 140 cm³/mol. The lowest BCUT2D eigenvalue weighted by Gasteiger charge is -2.11. The Bertz CT molecular complexity index is 1250. The van der Waals surface area contributed by atoms with Crippen LogP contribution in [0.1, 0.15) is 43.0 Å². The van der Waals surface area contributed by atoms with E-state index in [2.05, 4.69) is 10.6 Å².